The summed E-state index contributed by atoms with van der Waals surface area (Å²) in [6, 6.07) is 5.40. The van der Waals surface area contributed by atoms with Crippen molar-refractivity contribution in [2.45, 2.75) is 38.3 Å². The fraction of sp³-hybridized carbons (Fsp3) is 0.600. The van der Waals surface area contributed by atoms with Gasteiger partial charge in [0.25, 0.3) is 0 Å². The number of phenols is 2. The van der Waals surface area contributed by atoms with E-state index >= 15 is 0 Å². The van der Waals surface area contributed by atoms with E-state index in [0.29, 0.717) is 11.6 Å². The average molecular weight is 264 g/mol. The van der Waals surface area contributed by atoms with Crippen molar-refractivity contribution < 1.29 is 10.2 Å². The van der Waals surface area contributed by atoms with Gasteiger partial charge in [0, 0.05) is 18.6 Å². The summed E-state index contributed by atoms with van der Waals surface area (Å²) in [5, 5.41) is 23.3. The normalized spacial score (nSPS) is 21.5. The van der Waals surface area contributed by atoms with Gasteiger partial charge in [-0.05, 0) is 45.5 Å². The first-order valence-corrected chi connectivity index (χ1v) is 7.04. The lowest BCUT2D eigenvalue weighted by atomic mass is 10.0. The number of hydrogen-bond donors (Lipinski definition) is 3. The largest absolute Gasteiger partial charge is 0.507 e. The fourth-order valence-electron chi connectivity index (χ4n) is 2.78. The first kappa shape index (κ1) is 14.2. The van der Waals surface area contributed by atoms with Crippen molar-refractivity contribution in [3.63, 3.8) is 0 Å². The second-order valence-corrected chi connectivity index (χ2v) is 5.47. The Labute approximate surface area is 115 Å². The molecule has 0 saturated carbocycles. The molecule has 2 atom stereocenters. The van der Waals surface area contributed by atoms with Gasteiger partial charge in [0.1, 0.15) is 11.5 Å². The van der Waals surface area contributed by atoms with Crippen LogP contribution in [0, 0.1) is 0 Å². The van der Waals surface area contributed by atoms with Crippen molar-refractivity contribution in [1.82, 2.24) is 10.2 Å². The highest BCUT2D eigenvalue weighted by Crippen LogP contribution is 2.35. The van der Waals surface area contributed by atoms with Crippen molar-refractivity contribution in [3.05, 3.63) is 23.8 Å². The third-order valence-electron chi connectivity index (χ3n) is 4.06. The van der Waals surface area contributed by atoms with Crippen LogP contribution in [-0.4, -0.2) is 41.3 Å². The molecule has 1 aromatic rings. The van der Waals surface area contributed by atoms with Crippen molar-refractivity contribution in [2.75, 3.05) is 20.1 Å². The number of hydrogen-bond acceptors (Lipinski definition) is 4. The van der Waals surface area contributed by atoms with Gasteiger partial charge < -0.3 is 15.5 Å². The third-order valence-corrected chi connectivity index (χ3v) is 4.06. The highest BCUT2D eigenvalue weighted by atomic mass is 16.3. The molecule has 19 heavy (non-hydrogen) atoms. The third kappa shape index (κ3) is 3.39. The summed E-state index contributed by atoms with van der Waals surface area (Å²) in [6.45, 7) is 4.03. The lowest BCUT2D eigenvalue weighted by Crippen LogP contribution is -2.43. The van der Waals surface area contributed by atoms with Crippen LogP contribution in [0.4, 0.5) is 0 Å². The Kier molecular flexibility index (Phi) is 4.66. The molecule has 2 unspecified atom stereocenters. The smallest absolute Gasteiger partial charge is 0.124 e. The Morgan fingerprint density at radius 1 is 1.32 bits per heavy atom. The Morgan fingerprint density at radius 3 is 2.58 bits per heavy atom. The van der Waals surface area contributed by atoms with Crippen LogP contribution in [0.25, 0.3) is 0 Å². The molecule has 4 nitrogen and oxygen atoms in total. The van der Waals surface area contributed by atoms with Gasteiger partial charge in [-0.15, -0.1) is 0 Å². The highest BCUT2D eigenvalue weighted by molar-refractivity contribution is 5.44. The summed E-state index contributed by atoms with van der Waals surface area (Å²) in [5.74, 6) is 0.326. The number of nitrogens with zero attached hydrogens (tertiary/aromatic N) is 1. The fourth-order valence-corrected chi connectivity index (χ4v) is 2.78. The Balaban J connectivity index is 2.03. The minimum absolute atomic E-state index is 0.00933. The minimum atomic E-state index is -0.00933. The first-order valence-electron chi connectivity index (χ1n) is 7.04. The summed E-state index contributed by atoms with van der Waals surface area (Å²) in [6.07, 6.45) is 3.74. The maximum absolute atomic E-state index is 9.91. The monoisotopic (exact) mass is 264 g/mol. The number of nitrogens with one attached hydrogen (secondary N) is 1. The molecule has 0 amide bonds. The summed E-state index contributed by atoms with van der Waals surface area (Å²) < 4.78 is 0. The van der Waals surface area contributed by atoms with E-state index in [2.05, 4.69) is 10.2 Å². The molecule has 0 radical (unpaired) electrons. The van der Waals surface area contributed by atoms with Crippen molar-refractivity contribution in [1.29, 1.82) is 0 Å². The number of aromatic hydroxyl groups is 2. The van der Waals surface area contributed by atoms with E-state index < -0.39 is 0 Å². The lowest BCUT2D eigenvalue weighted by Gasteiger charge is -2.32. The molecule has 0 bridgehead atoms. The molecule has 0 aliphatic carbocycles. The molecule has 1 saturated heterocycles. The second-order valence-electron chi connectivity index (χ2n) is 5.47. The van der Waals surface area contributed by atoms with Crippen LogP contribution in [0.2, 0.25) is 0 Å². The molecule has 1 heterocycles. The van der Waals surface area contributed by atoms with Gasteiger partial charge in [-0.3, -0.25) is 4.90 Å². The predicted molar refractivity (Wildman–Crippen MR) is 76.5 cm³/mol. The van der Waals surface area contributed by atoms with Gasteiger partial charge in [0.15, 0.2) is 0 Å². The molecule has 4 heteroatoms. The molecule has 0 aromatic heterocycles. The lowest BCUT2D eigenvalue weighted by molar-refractivity contribution is 0.208. The summed E-state index contributed by atoms with van der Waals surface area (Å²) >= 11 is 0. The zero-order valence-electron chi connectivity index (χ0n) is 11.8. The predicted octanol–water partition coefficient (Wildman–Crippen LogP) is 2.23. The van der Waals surface area contributed by atoms with Crippen LogP contribution >= 0.6 is 0 Å². The van der Waals surface area contributed by atoms with E-state index in [1.165, 1.54) is 19.3 Å². The minimum Gasteiger partial charge on any atom is -0.507 e. The van der Waals surface area contributed by atoms with Crippen molar-refractivity contribution in [3.8, 4) is 11.5 Å². The topological polar surface area (TPSA) is 55.7 Å². The van der Waals surface area contributed by atoms with Gasteiger partial charge in [0.05, 0.1) is 5.56 Å². The standard InChI is InChI=1S/C15H24N2O2/c1-11(15-13(18)7-5-8-14(15)19)17(2)10-12-6-3-4-9-16-12/h5,7-8,11-12,16,18-19H,3-4,6,9-10H2,1-2H3. The van der Waals surface area contributed by atoms with E-state index in [9.17, 15) is 10.2 Å². The van der Waals surface area contributed by atoms with Crippen LogP contribution < -0.4 is 5.32 Å². The molecule has 1 fully saturated rings. The van der Waals surface area contributed by atoms with Crippen molar-refractivity contribution in [2.24, 2.45) is 0 Å². The SMILES string of the molecule is CC(c1c(O)cccc1O)N(C)CC1CCCCN1. The molecule has 2 rings (SSSR count). The van der Waals surface area contributed by atoms with Crippen LogP contribution in [0.5, 0.6) is 11.5 Å². The molecule has 3 N–H and O–H groups in total. The van der Waals surface area contributed by atoms with E-state index in [4.69, 9.17) is 0 Å². The van der Waals surface area contributed by atoms with E-state index in [1.807, 2.05) is 14.0 Å². The Morgan fingerprint density at radius 2 is 2.00 bits per heavy atom. The molecule has 1 aromatic carbocycles. The van der Waals surface area contributed by atoms with E-state index in [1.54, 1.807) is 18.2 Å². The van der Waals surface area contributed by atoms with Gasteiger partial charge in [-0.2, -0.15) is 0 Å². The van der Waals surface area contributed by atoms with Gasteiger partial charge in [-0.25, -0.2) is 0 Å². The second kappa shape index (κ2) is 6.26. The van der Waals surface area contributed by atoms with Crippen LogP contribution in [0.1, 0.15) is 37.8 Å². The summed E-state index contributed by atoms with van der Waals surface area (Å²) in [4.78, 5) is 2.18. The zero-order valence-corrected chi connectivity index (χ0v) is 11.8. The molecular formula is C15H24N2O2. The van der Waals surface area contributed by atoms with E-state index in [0.717, 1.165) is 13.1 Å². The number of phenolic OH excluding ortho intramolecular Hbond substituents is 2. The molecular weight excluding hydrogens is 240 g/mol. The number of likely N-dealkylation sites (N-methyl/N-ethyl adjacent to an activating group) is 1. The molecule has 1 aliphatic rings. The van der Waals surface area contributed by atoms with E-state index in [-0.39, 0.29) is 17.5 Å². The van der Waals surface area contributed by atoms with Crippen LogP contribution in [-0.2, 0) is 0 Å². The maximum atomic E-state index is 9.91. The van der Waals surface area contributed by atoms with Gasteiger partial charge in [0.2, 0.25) is 0 Å². The maximum Gasteiger partial charge on any atom is 0.124 e. The summed E-state index contributed by atoms with van der Waals surface area (Å²) in [7, 11) is 2.03. The first-order chi connectivity index (χ1) is 9.09. The van der Waals surface area contributed by atoms with Crippen LogP contribution in [0.3, 0.4) is 0 Å². The molecule has 0 spiro atoms. The molecule has 106 valence electrons. The number of piperidine rings is 1. The highest BCUT2D eigenvalue weighted by Gasteiger charge is 2.22. The Bertz CT molecular complexity index is 396. The zero-order chi connectivity index (χ0) is 13.8. The van der Waals surface area contributed by atoms with Crippen LogP contribution in [0.15, 0.2) is 18.2 Å². The quantitative estimate of drug-likeness (QED) is 0.780. The van der Waals surface area contributed by atoms with Gasteiger partial charge >= 0.3 is 0 Å². The summed E-state index contributed by atoms with van der Waals surface area (Å²) in [5.41, 5.74) is 0.612. The average Bonchev–Trinajstić information content (AvgIpc) is 2.39. The van der Waals surface area contributed by atoms with Gasteiger partial charge in [-0.1, -0.05) is 12.5 Å². The number of rotatable bonds is 4. The number of benzene rings is 1. The Hall–Kier alpha value is -1.26. The van der Waals surface area contributed by atoms with Crippen molar-refractivity contribution >= 4 is 0 Å². The molecule has 1 aliphatic heterocycles.